The lowest BCUT2D eigenvalue weighted by atomic mass is 9.83. The highest BCUT2D eigenvalue weighted by Crippen LogP contribution is 2.36. The van der Waals surface area contributed by atoms with Crippen LogP contribution in [0.5, 0.6) is 0 Å². The summed E-state index contributed by atoms with van der Waals surface area (Å²) in [6.45, 7) is 5.52. The van der Waals surface area contributed by atoms with Gasteiger partial charge in [-0.25, -0.2) is 4.98 Å². The zero-order chi connectivity index (χ0) is 19.1. The largest absolute Gasteiger partial charge is 0.356 e. The molecule has 0 aliphatic carbocycles. The second-order valence-electron chi connectivity index (χ2n) is 8.40. The van der Waals surface area contributed by atoms with Gasteiger partial charge in [-0.2, -0.15) is 5.26 Å². The molecule has 0 N–H and O–H groups in total. The SMILES string of the molecule is N#Cc1ccnc(N2C[C@@H]3C[C@H](C2)c2ccc(CN4CCCC4)c(=O)n2C3)c1. The number of pyridine rings is 2. The molecule has 5 rings (SSSR count). The van der Waals surface area contributed by atoms with Gasteiger partial charge < -0.3 is 9.47 Å². The van der Waals surface area contributed by atoms with Crippen LogP contribution < -0.4 is 10.5 Å². The van der Waals surface area contributed by atoms with Crippen LogP contribution in [0, 0.1) is 17.2 Å². The Bertz CT molecular complexity index is 985. The topological polar surface area (TPSA) is 65.2 Å². The molecule has 2 saturated heterocycles. The molecule has 0 aromatic carbocycles. The summed E-state index contributed by atoms with van der Waals surface area (Å²) in [6, 6.07) is 10.0. The van der Waals surface area contributed by atoms with E-state index < -0.39 is 0 Å². The summed E-state index contributed by atoms with van der Waals surface area (Å²) in [4.78, 5) is 22.3. The van der Waals surface area contributed by atoms with Crippen LogP contribution in [0.4, 0.5) is 5.82 Å². The average Bonchev–Trinajstić information content (AvgIpc) is 3.23. The number of aromatic nitrogens is 2. The lowest BCUT2D eigenvalue weighted by Gasteiger charge is -2.43. The number of anilines is 1. The second kappa shape index (κ2) is 7.06. The zero-order valence-electron chi connectivity index (χ0n) is 16.0. The van der Waals surface area contributed by atoms with Crippen molar-refractivity contribution in [1.29, 1.82) is 5.26 Å². The molecule has 28 heavy (non-hydrogen) atoms. The monoisotopic (exact) mass is 375 g/mol. The van der Waals surface area contributed by atoms with Gasteiger partial charge in [0.1, 0.15) is 5.82 Å². The van der Waals surface area contributed by atoms with Crippen LogP contribution in [-0.2, 0) is 13.1 Å². The van der Waals surface area contributed by atoms with E-state index in [2.05, 4.69) is 33.0 Å². The number of fused-ring (bicyclic) bond motifs is 4. The van der Waals surface area contributed by atoms with Crippen molar-refractivity contribution in [1.82, 2.24) is 14.5 Å². The van der Waals surface area contributed by atoms with Crippen molar-refractivity contribution in [3.05, 3.63) is 57.6 Å². The normalized spacial score (nSPS) is 24.0. The molecule has 6 heteroatoms. The van der Waals surface area contributed by atoms with E-state index in [-0.39, 0.29) is 5.56 Å². The summed E-state index contributed by atoms with van der Waals surface area (Å²) in [5.41, 5.74) is 2.94. The smallest absolute Gasteiger partial charge is 0.255 e. The van der Waals surface area contributed by atoms with E-state index in [9.17, 15) is 10.1 Å². The lowest BCUT2D eigenvalue weighted by molar-refractivity contribution is 0.277. The highest BCUT2D eigenvalue weighted by atomic mass is 16.1. The zero-order valence-corrected chi connectivity index (χ0v) is 16.0. The van der Waals surface area contributed by atoms with Crippen molar-refractivity contribution < 1.29 is 0 Å². The number of rotatable bonds is 3. The molecule has 2 atom stereocenters. The first-order valence-electron chi connectivity index (χ1n) is 10.3. The Hall–Kier alpha value is -2.65. The third-order valence-corrected chi connectivity index (χ3v) is 6.47. The fraction of sp³-hybridized carbons (Fsp3) is 0.500. The van der Waals surface area contributed by atoms with Gasteiger partial charge in [-0.05, 0) is 56.5 Å². The van der Waals surface area contributed by atoms with Crippen molar-refractivity contribution in [3.63, 3.8) is 0 Å². The Kier molecular flexibility index (Phi) is 4.40. The molecule has 0 saturated carbocycles. The Morgan fingerprint density at radius 2 is 2.00 bits per heavy atom. The lowest BCUT2D eigenvalue weighted by Crippen LogP contribution is -2.48. The maximum atomic E-state index is 13.1. The molecule has 6 nitrogen and oxygen atoms in total. The minimum absolute atomic E-state index is 0.206. The predicted molar refractivity (Wildman–Crippen MR) is 107 cm³/mol. The molecule has 2 aromatic heterocycles. The summed E-state index contributed by atoms with van der Waals surface area (Å²) in [6.07, 6.45) is 5.32. The number of piperidine rings is 1. The van der Waals surface area contributed by atoms with Gasteiger partial charge in [-0.15, -0.1) is 0 Å². The second-order valence-corrected chi connectivity index (χ2v) is 8.40. The van der Waals surface area contributed by atoms with Gasteiger partial charge in [0.2, 0.25) is 0 Å². The van der Waals surface area contributed by atoms with E-state index >= 15 is 0 Å². The van der Waals surface area contributed by atoms with Crippen molar-refractivity contribution in [2.24, 2.45) is 5.92 Å². The molecule has 3 aliphatic rings. The van der Waals surface area contributed by atoms with Crippen LogP contribution >= 0.6 is 0 Å². The van der Waals surface area contributed by atoms with Crippen molar-refractivity contribution in [2.75, 3.05) is 31.1 Å². The molecule has 2 aromatic rings. The molecular formula is C22H25N5O. The molecule has 3 aliphatic heterocycles. The first-order chi connectivity index (χ1) is 13.7. The fourth-order valence-corrected chi connectivity index (χ4v) is 5.14. The van der Waals surface area contributed by atoms with Gasteiger partial charge in [0, 0.05) is 49.6 Å². The quantitative estimate of drug-likeness (QED) is 0.824. The van der Waals surface area contributed by atoms with E-state index in [1.165, 1.54) is 12.8 Å². The highest BCUT2D eigenvalue weighted by Gasteiger charge is 2.35. The predicted octanol–water partition coefficient (Wildman–Crippen LogP) is 2.33. The molecule has 0 unspecified atom stereocenters. The number of hydrogen-bond donors (Lipinski definition) is 0. The van der Waals surface area contributed by atoms with Crippen molar-refractivity contribution >= 4 is 5.82 Å². The molecule has 2 fully saturated rings. The van der Waals surface area contributed by atoms with E-state index in [1.54, 1.807) is 12.3 Å². The molecule has 144 valence electrons. The van der Waals surface area contributed by atoms with Crippen molar-refractivity contribution in [2.45, 2.75) is 38.3 Å². The third-order valence-electron chi connectivity index (χ3n) is 6.47. The van der Waals surface area contributed by atoms with Gasteiger partial charge >= 0.3 is 0 Å². The maximum Gasteiger partial charge on any atom is 0.255 e. The molecule has 0 amide bonds. The third kappa shape index (κ3) is 3.10. The molecule has 2 bridgehead atoms. The first kappa shape index (κ1) is 17.4. The average molecular weight is 375 g/mol. The van der Waals surface area contributed by atoms with Crippen molar-refractivity contribution in [3.8, 4) is 6.07 Å². The molecule has 5 heterocycles. The summed E-state index contributed by atoms with van der Waals surface area (Å²) < 4.78 is 2.04. The van der Waals surface area contributed by atoms with Crippen LogP contribution in [0.15, 0.2) is 35.3 Å². The number of hydrogen-bond acceptors (Lipinski definition) is 5. The Labute approximate surface area is 165 Å². The molecule has 0 spiro atoms. The van der Waals surface area contributed by atoms with Gasteiger partial charge in [0.25, 0.3) is 5.56 Å². The number of nitrogens with zero attached hydrogens (tertiary/aromatic N) is 5. The van der Waals surface area contributed by atoms with E-state index in [0.717, 1.165) is 62.8 Å². The number of nitriles is 1. The Morgan fingerprint density at radius 1 is 1.14 bits per heavy atom. The Balaban J connectivity index is 1.41. The molecule has 0 radical (unpaired) electrons. The van der Waals surface area contributed by atoms with Gasteiger partial charge in [0.05, 0.1) is 11.6 Å². The highest BCUT2D eigenvalue weighted by molar-refractivity contribution is 5.46. The van der Waals surface area contributed by atoms with E-state index in [4.69, 9.17) is 0 Å². The van der Waals surface area contributed by atoms with Gasteiger partial charge in [0.15, 0.2) is 0 Å². The fourth-order valence-electron chi connectivity index (χ4n) is 5.14. The molecular weight excluding hydrogens is 350 g/mol. The van der Waals surface area contributed by atoms with Crippen LogP contribution in [0.3, 0.4) is 0 Å². The minimum atomic E-state index is 0.206. The maximum absolute atomic E-state index is 13.1. The number of likely N-dealkylation sites (tertiary alicyclic amines) is 1. The summed E-state index contributed by atoms with van der Waals surface area (Å²) >= 11 is 0. The van der Waals surface area contributed by atoms with Crippen LogP contribution in [0.25, 0.3) is 0 Å². The Morgan fingerprint density at radius 3 is 2.82 bits per heavy atom. The van der Waals surface area contributed by atoms with Crippen LogP contribution in [0.2, 0.25) is 0 Å². The van der Waals surface area contributed by atoms with Crippen LogP contribution in [-0.4, -0.2) is 40.6 Å². The standard InChI is InChI=1S/C22H25N5O/c23-11-16-5-6-24-21(10-16)26-12-17-9-19(15-26)20-4-3-18(22(28)27(20)13-17)14-25-7-1-2-8-25/h3-6,10,17,19H,1-2,7-9,12-15H2/t17-,19+/m0/s1. The summed E-state index contributed by atoms with van der Waals surface area (Å²) in [7, 11) is 0. The minimum Gasteiger partial charge on any atom is -0.356 e. The van der Waals surface area contributed by atoms with Gasteiger partial charge in [-0.3, -0.25) is 9.69 Å². The van der Waals surface area contributed by atoms with Crippen LogP contribution in [0.1, 0.15) is 42.0 Å². The summed E-state index contributed by atoms with van der Waals surface area (Å²) in [5, 5.41) is 9.17. The summed E-state index contributed by atoms with van der Waals surface area (Å²) in [5.74, 6) is 1.65. The van der Waals surface area contributed by atoms with Gasteiger partial charge in [-0.1, -0.05) is 6.07 Å². The van der Waals surface area contributed by atoms with E-state index in [1.807, 2.05) is 10.6 Å². The first-order valence-corrected chi connectivity index (χ1v) is 10.3. The van der Waals surface area contributed by atoms with E-state index in [0.29, 0.717) is 17.4 Å².